The minimum absolute atomic E-state index is 0.206. The number of carbonyl (C=O) groups is 2. The van der Waals surface area contributed by atoms with Gasteiger partial charge in [0, 0.05) is 29.5 Å². The molecule has 2 aromatic heterocycles. The first-order chi connectivity index (χ1) is 16.2. The number of amides is 2. The molecule has 4 rings (SSSR count). The van der Waals surface area contributed by atoms with Crippen LogP contribution in [0.2, 0.25) is 0 Å². The van der Waals surface area contributed by atoms with Crippen molar-refractivity contribution < 1.29 is 14.3 Å². The van der Waals surface area contributed by atoms with Crippen molar-refractivity contribution in [2.45, 2.75) is 46.1 Å². The fourth-order valence-corrected chi connectivity index (χ4v) is 3.84. The van der Waals surface area contributed by atoms with E-state index >= 15 is 0 Å². The Labute approximate surface area is 198 Å². The minimum Gasteiger partial charge on any atom is -0.444 e. The highest BCUT2D eigenvalue weighted by Gasteiger charge is 2.43. The van der Waals surface area contributed by atoms with Gasteiger partial charge in [-0.2, -0.15) is 5.26 Å². The second kappa shape index (κ2) is 9.10. The van der Waals surface area contributed by atoms with E-state index in [-0.39, 0.29) is 17.7 Å². The van der Waals surface area contributed by atoms with Gasteiger partial charge in [0.05, 0.1) is 23.6 Å². The predicted octanol–water partition coefficient (Wildman–Crippen LogP) is 5.30. The molecule has 0 radical (unpaired) electrons. The van der Waals surface area contributed by atoms with Crippen LogP contribution in [0.25, 0.3) is 21.9 Å². The average Bonchev–Trinajstić information content (AvgIpc) is 3.57. The molecule has 8 nitrogen and oxygen atoms in total. The molecule has 34 heavy (non-hydrogen) atoms. The zero-order valence-corrected chi connectivity index (χ0v) is 19.7. The van der Waals surface area contributed by atoms with Gasteiger partial charge in [0.1, 0.15) is 11.4 Å². The maximum atomic E-state index is 12.5. The van der Waals surface area contributed by atoms with Gasteiger partial charge in [-0.3, -0.25) is 15.1 Å². The van der Waals surface area contributed by atoms with E-state index in [1.54, 1.807) is 45.4 Å². The van der Waals surface area contributed by atoms with Crippen LogP contribution in [-0.2, 0) is 16.0 Å². The number of fused-ring (bicyclic) bond motifs is 1. The van der Waals surface area contributed by atoms with Crippen LogP contribution in [0.5, 0.6) is 0 Å². The Bertz CT molecular complexity index is 1310. The van der Waals surface area contributed by atoms with Crippen molar-refractivity contribution in [3.05, 3.63) is 48.4 Å². The number of aromatic nitrogens is 2. The van der Waals surface area contributed by atoms with Crippen molar-refractivity contribution in [2.24, 2.45) is 11.8 Å². The number of nitrogens with one attached hydrogen (secondary N) is 2. The van der Waals surface area contributed by atoms with E-state index in [0.29, 0.717) is 23.3 Å². The fraction of sp³-hybridized carbons (Fsp3) is 0.346. The Balaban J connectivity index is 1.74. The van der Waals surface area contributed by atoms with Gasteiger partial charge in [0.15, 0.2) is 0 Å². The van der Waals surface area contributed by atoms with E-state index in [1.165, 1.54) is 0 Å². The van der Waals surface area contributed by atoms with Crippen molar-refractivity contribution in [3.8, 4) is 17.2 Å². The molecule has 2 N–H and O–H groups in total. The molecule has 3 aromatic rings. The number of pyridine rings is 2. The lowest BCUT2D eigenvalue weighted by Crippen LogP contribution is -2.27. The first-order valence-corrected chi connectivity index (χ1v) is 11.3. The number of nitrogens with zero attached hydrogens (tertiary/aromatic N) is 3. The van der Waals surface area contributed by atoms with Crippen LogP contribution in [0.4, 0.5) is 16.3 Å². The summed E-state index contributed by atoms with van der Waals surface area (Å²) >= 11 is 0. The summed E-state index contributed by atoms with van der Waals surface area (Å²) in [4.78, 5) is 33.6. The second-order valence-corrected chi connectivity index (χ2v) is 9.39. The Hall–Kier alpha value is -3.99. The molecule has 0 unspecified atom stereocenters. The zero-order valence-electron chi connectivity index (χ0n) is 19.7. The molecule has 174 valence electrons. The molecule has 0 spiro atoms. The van der Waals surface area contributed by atoms with Crippen LogP contribution in [0, 0.1) is 23.2 Å². The number of rotatable bonds is 5. The summed E-state index contributed by atoms with van der Waals surface area (Å²) in [5.41, 5.74) is 2.85. The van der Waals surface area contributed by atoms with Gasteiger partial charge in [-0.15, -0.1) is 0 Å². The number of carbonyl (C=O) groups excluding carboxylic acids is 2. The quantitative estimate of drug-likeness (QED) is 0.537. The SMILES string of the molecule is CCc1ccncc1-c1cc(NC(=O)OC(C)(C)C)c2cnc(NC(=O)[C@H]3C[C@H]3C#N)cc2c1. The summed E-state index contributed by atoms with van der Waals surface area (Å²) in [6.45, 7) is 7.48. The molecule has 0 saturated heterocycles. The maximum absolute atomic E-state index is 12.5. The van der Waals surface area contributed by atoms with E-state index in [1.807, 2.05) is 18.2 Å². The third kappa shape index (κ3) is 5.15. The van der Waals surface area contributed by atoms with Crippen LogP contribution in [-0.4, -0.2) is 27.6 Å². The standard InChI is InChI=1S/C26H27N5O3/c1-5-15-6-7-28-13-20(15)16-8-17-11-23(31-24(32)19-9-18(19)12-27)29-14-21(17)22(10-16)30-25(33)34-26(2,3)4/h6-8,10-11,13-14,18-19H,5,9H2,1-4H3,(H,30,33)(H,29,31,32)/t18-,19-/m0/s1. The number of hydrogen-bond donors (Lipinski definition) is 2. The number of nitriles is 1. The normalized spacial score (nSPS) is 17.0. The van der Waals surface area contributed by atoms with E-state index in [2.05, 4.69) is 33.6 Å². The van der Waals surface area contributed by atoms with Crippen molar-refractivity contribution in [2.75, 3.05) is 10.6 Å². The molecule has 1 saturated carbocycles. The van der Waals surface area contributed by atoms with Crippen LogP contribution < -0.4 is 10.6 Å². The molecule has 0 aliphatic heterocycles. The molecule has 1 aliphatic rings. The van der Waals surface area contributed by atoms with Gasteiger partial charge >= 0.3 is 6.09 Å². The van der Waals surface area contributed by atoms with Crippen molar-refractivity contribution in [1.82, 2.24) is 9.97 Å². The predicted molar refractivity (Wildman–Crippen MR) is 130 cm³/mol. The van der Waals surface area contributed by atoms with Gasteiger partial charge in [0.2, 0.25) is 5.91 Å². The molecule has 2 heterocycles. The monoisotopic (exact) mass is 457 g/mol. The highest BCUT2D eigenvalue weighted by Crippen LogP contribution is 2.39. The van der Waals surface area contributed by atoms with Gasteiger partial charge in [-0.1, -0.05) is 6.92 Å². The lowest BCUT2D eigenvalue weighted by atomic mass is 9.97. The van der Waals surface area contributed by atoms with Crippen LogP contribution in [0.1, 0.15) is 39.7 Å². The molecule has 2 atom stereocenters. The molecule has 1 fully saturated rings. The molecular formula is C26H27N5O3. The third-order valence-corrected chi connectivity index (χ3v) is 5.62. The minimum atomic E-state index is -0.643. The smallest absolute Gasteiger partial charge is 0.412 e. The Morgan fingerprint density at radius 3 is 2.68 bits per heavy atom. The number of benzene rings is 1. The lowest BCUT2D eigenvalue weighted by molar-refractivity contribution is -0.117. The highest BCUT2D eigenvalue weighted by molar-refractivity contribution is 6.04. The van der Waals surface area contributed by atoms with Crippen LogP contribution in [0.15, 0.2) is 42.9 Å². The lowest BCUT2D eigenvalue weighted by Gasteiger charge is -2.20. The molecule has 2 amide bonds. The van der Waals surface area contributed by atoms with Gasteiger partial charge in [-0.05, 0) is 74.4 Å². The number of hydrogen-bond acceptors (Lipinski definition) is 6. The number of anilines is 2. The van der Waals surface area contributed by atoms with Crippen LogP contribution in [0.3, 0.4) is 0 Å². The van der Waals surface area contributed by atoms with E-state index in [0.717, 1.165) is 28.5 Å². The average molecular weight is 458 g/mol. The molecular weight excluding hydrogens is 430 g/mol. The zero-order chi connectivity index (χ0) is 24.5. The molecule has 1 aliphatic carbocycles. The summed E-state index contributed by atoms with van der Waals surface area (Å²) in [5.74, 6) is -0.332. The number of ether oxygens (including phenoxy) is 1. The first-order valence-electron chi connectivity index (χ1n) is 11.3. The van der Waals surface area contributed by atoms with Crippen LogP contribution >= 0.6 is 0 Å². The van der Waals surface area contributed by atoms with Gasteiger partial charge < -0.3 is 10.1 Å². The Kier molecular flexibility index (Phi) is 6.20. The van der Waals surface area contributed by atoms with E-state index < -0.39 is 11.7 Å². The fourth-order valence-electron chi connectivity index (χ4n) is 3.84. The summed E-state index contributed by atoms with van der Waals surface area (Å²) in [7, 11) is 0. The second-order valence-electron chi connectivity index (χ2n) is 9.39. The Morgan fingerprint density at radius 2 is 2.00 bits per heavy atom. The first kappa shape index (κ1) is 23.2. The molecule has 0 bridgehead atoms. The summed E-state index contributed by atoms with van der Waals surface area (Å²) in [6, 6.07) is 9.73. The molecule has 1 aromatic carbocycles. The van der Waals surface area contributed by atoms with Gasteiger partial charge in [-0.25, -0.2) is 9.78 Å². The van der Waals surface area contributed by atoms with Gasteiger partial charge in [0.25, 0.3) is 0 Å². The summed E-state index contributed by atoms with van der Waals surface area (Å²) in [5, 5.41) is 16.1. The summed E-state index contributed by atoms with van der Waals surface area (Å²) < 4.78 is 5.45. The van der Waals surface area contributed by atoms with Crippen molar-refractivity contribution >= 4 is 34.3 Å². The Morgan fingerprint density at radius 1 is 1.21 bits per heavy atom. The topological polar surface area (TPSA) is 117 Å². The van der Waals surface area contributed by atoms with E-state index in [9.17, 15) is 9.59 Å². The number of aryl methyl sites for hydroxylation is 1. The summed E-state index contributed by atoms with van der Waals surface area (Å²) in [6.07, 6.45) is 6.00. The maximum Gasteiger partial charge on any atom is 0.412 e. The third-order valence-electron chi connectivity index (χ3n) is 5.62. The van der Waals surface area contributed by atoms with Crippen molar-refractivity contribution in [3.63, 3.8) is 0 Å². The van der Waals surface area contributed by atoms with E-state index in [4.69, 9.17) is 10.00 Å². The highest BCUT2D eigenvalue weighted by atomic mass is 16.6. The van der Waals surface area contributed by atoms with Crippen molar-refractivity contribution in [1.29, 1.82) is 5.26 Å². The molecule has 8 heteroatoms. The largest absolute Gasteiger partial charge is 0.444 e.